The van der Waals surface area contributed by atoms with Crippen LogP contribution in [0.3, 0.4) is 0 Å². The molecule has 1 heterocycles. The standard InChI is InChI=1S/C12H8Cl4N2OS/c13-4-7-5-20-11(17-7)3-10(19)18-12-8(15)1-6(14)2-9(12)16/h1-2,5H,3-4H2,(H,18,19). The predicted molar refractivity (Wildman–Crippen MR) is 85.5 cm³/mol. The monoisotopic (exact) mass is 368 g/mol. The number of halogens is 4. The minimum atomic E-state index is -0.258. The smallest absolute Gasteiger partial charge is 0.231 e. The zero-order valence-electron chi connectivity index (χ0n) is 9.92. The number of alkyl halides is 1. The van der Waals surface area contributed by atoms with Gasteiger partial charge in [-0.15, -0.1) is 22.9 Å². The Kier molecular flexibility index (Phi) is 5.52. The Balaban J connectivity index is 2.08. The molecule has 20 heavy (non-hydrogen) atoms. The van der Waals surface area contributed by atoms with Gasteiger partial charge in [0.1, 0.15) is 5.01 Å². The lowest BCUT2D eigenvalue weighted by Gasteiger charge is -2.09. The summed E-state index contributed by atoms with van der Waals surface area (Å²) in [6.07, 6.45) is 0.136. The van der Waals surface area contributed by atoms with Crippen molar-refractivity contribution in [1.82, 2.24) is 4.98 Å². The predicted octanol–water partition coefficient (Wildman–Crippen LogP) is 5.02. The molecule has 0 radical (unpaired) electrons. The van der Waals surface area contributed by atoms with E-state index in [4.69, 9.17) is 46.4 Å². The Hall–Kier alpha value is -0.520. The summed E-state index contributed by atoms with van der Waals surface area (Å²) in [7, 11) is 0. The first-order valence-corrected chi connectivity index (χ1v) is 7.98. The number of nitrogens with one attached hydrogen (secondary N) is 1. The molecular weight excluding hydrogens is 362 g/mol. The maximum absolute atomic E-state index is 11.9. The SMILES string of the molecule is O=C(Cc1nc(CCl)cs1)Nc1c(Cl)cc(Cl)cc1Cl. The first-order valence-electron chi connectivity index (χ1n) is 5.43. The summed E-state index contributed by atoms with van der Waals surface area (Å²) in [6.45, 7) is 0. The molecule has 106 valence electrons. The molecule has 0 spiro atoms. The van der Waals surface area contributed by atoms with E-state index in [9.17, 15) is 4.79 Å². The van der Waals surface area contributed by atoms with Crippen LogP contribution < -0.4 is 5.32 Å². The number of amides is 1. The first kappa shape index (κ1) is 15.9. The van der Waals surface area contributed by atoms with Crippen LogP contribution >= 0.6 is 57.7 Å². The van der Waals surface area contributed by atoms with Gasteiger partial charge >= 0.3 is 0 Å². The lowest BCUT2D eigenvalue weighted by atomic mass is 10.3. The van der Waals surface area contributed by atoms with Gasteiger partial charge in [0.15, 0.2) is 0 Å². The van der Waals surface area contributed by atoms with E-state index in [1.165, 1.54) is 23.5 Å². The first-order chi connectivity index (χ1) is 9.49. The quantitative estimate of drug-likeness (QED) is 0.768. The summed E-state index contributed by atoms with van der Waals surface area (Å²) < 4.78 is 0. The van der Waals surface area contributed by atoms with Gasteiger partial charge in [-0.2, -0.15) is 0 Å². The second kappa shape index (κ2) is 6.96. The number of hydrogen-bond donors (Lipinski definition) is 1. The van der Waals surface area contributed by atoms with E-state index in [0.29, 0.717) is 21.6 Å². The van der Waals surface area contributed by atoms with Crippen LogP contribution in [0.4, 0.5) is 5.69 Å². The number of thiazole rings is 1. The van der Waals surface area contributed by atoms with Gasteiger partial charge < -0.3 is 5.32 Å². The van der Waals surface area contributed by atoms with Gasteiger partial charge in [0, 0.05) is 10.4 Å². The third-order valence-electron chi connectivity index (χ3n) is 2.32. The molecule has 0 unspecified atom stereocenters. The van der Waals surface area contributed by atoms with E-state index in [2.05, 4.69) is 10.3 Å². The Morgan fingerprint density at radius 1 is 1.25 bits per heavy atom. The molecule has 0 aliphatic carbocycles. The van der Waals surface area contributed by atoms with Gasteiger partial charge in [-0.25, -0.2) is 4.98 Å². The molecule has 2 aromatic rings. The van der Waals surface area contributed by atoms with Crippen LogP contribution in [0.15, 0.2) is 17.5 Å². The average molecular weight is 370 g/mol. The molecule has 0 atom stereocenters. The van der Waals surface area contributed by atoms with Gasteiger partial charge in [0.05, 0.1) is 33.7 Å². The number of nitrogens with zero attached hydrogens (tertiary/aromatic N) is 1. The summed E-state index contributed by atoms with van der Waals surface area (Å²) in [6, 6.07) is 3.03. The highest BCUT2D eigenvalue weighted by Gasteiger charge is 2.13. The zero-order chi connectivity index (χ0) is 14.7. The average Bonchev–Trinajstić information content (AvgIpc) is 2.81. The fraction of sp³-hybridized carbons (Fsp3) is 0.167. The maximum Gasteiger partial charge on any atom is 0.231 e. The van der Waals surface area contributed by atoms with Crippen molar-refractivity contribution in [3.8, 4) is 0 Å². The van der Waals surface area contributed by atoms with Crippen LogP contribution in [-0.2, 0) is 17.1 Å². The molecule has 1 amide bonds. The lowest BCUT2D eigenvalue weighted by molar-refractivity contribution is -0.115. The number of carbonyl (C=O) groups is 1. The summed E-state index contributed by atoms with van der Waals surface area (Å²) in [5.74, 6) is 0.0686. The molecular formula is C12H8Cl4N2OS. The minimum Gasteiger partial charge on any atom is -0.323 e. The Bertz CT molecular complexity index is 621. The molecule has 0 aliphatic rings. The highest BCUT2D eigenvalue weighted by atomic mass is 35.5. The normalized spacial score (nSPS) is 10.6. The molecule has 1 aromatic carbocycles. The molecule has 0 fully saturated rings. The van der Waals surface area contributed by atoms with Crippen LogP contribution in [0.25, 0.3) is 0 Å². The number of anilines is 1. The Labute approximate surface area is 139 Å². The Morgan fingerprint density at radius 3 is 2.45 bits per heavy atom. The highest BCUT2D eigenvalue weighted by molar-refractivity contribution is 7.09. The molecule has 0 bridgehead atoms. The van der Waals surface area contributed by atoms with Crippen LogP contribution in [0.5, 0.6) is 0 Å². The van der Waals surface area contributed by atoms with Gasteiger partial charge in [0.2, 0.25) is 5.91 Å². The molecule has 3 nitrogen and oxygen atoms in total. The molecule has 8 heteroatoms. The molecule has 2 rings (SSSR count). The molecule has 0 saturated heterocycles. The third kappa shape index (κ3) is 3.99. The largest absolute Gasteiger partial charge is 0.323 e. The van der Waals surface area contributed by atoms with Crippen molar-refractivity contribution in [1.29, 1.82) is 0 Å². The summed E-state index contributed by atoms with van der Waals surface area (Å²) in [5.41, 5.74) is 1.10. The van der Waals surface area contributed by atoms with E-state index >= 15 is 0 Å². The van der Waals surface area contributed by atoms with Crippen molar-refractivity contribution in [2.24, 2.45) is 0 Å². The fourth-order valence-electron chi connectivity index (χ4n) is 1.47. The van der Waals surface area contributed by atoms with E-state index in [-0.39, 0.29) is 22.4 Å². The zero-order valence-corrected chi connectivity index (χ0v) is 13.8. The number of aromatic nitrogens is 1. The van der Waals surface area contributed by atoms with E-state index in [1.54, 1.807) is 0 Å². The van der Waals surface area contributed by atoms with Gasteiger partial charge in [-0.05, 0) is 12.1 Å². The van der Waals surface area contributed by atoms with Crippen LogP contribution in [-0.4, -0.2) is 10.9 Å². The van der Waals surface area contributed by atoms with Crippen molar-refractivity contribution in [2.75, 3.05) is 5.32 Å². The number of carbonyl (C=O) groups excluding carboxylic acids is 1. The maximum atomic E-state index is 11.9. The van der Waals surface area contributed by atoms with E-state index in [0.717, 1.165) is 5.69 Å². The number of rotatable bonds is 4. The van der Waals surface area contributed by atoms with Gasteiger partial charge in [0.25, 0.3) is 0 Å². The second-order valence-corrected chi connectivity index (χ2v) is 6.30. The summed E-state index contributed by atoms with van der Waals surface area (Å²) in [4.78, 5) is 16.1. The molecule has 1 aromatic heterocycles. The van der Waals surface area contributed by atoms with Gasteiger partial charge in [-0.3, -0.25) is 4.79 Å². The lowest BCUT2D eigenvalue weighted by Crippen LogP contribution is -2.15. The van der Waals surface area contributed by atoms with Crippen LogP contribution in [0.2, 0.25) is 15.1 Å². The molecule has 0 aliphatic heterocycles. The van der Waals surface area contributed by atoms with E-state index in [1.807, 2.05) is 5.38 Å². The van der Waals surface area contributed by atoms with Crippen molar-refractivity contribution < 1.29 is 4.79 Å². The Morgan fingerprint density at radius 2 is 1.90 bits per heavy atom. The second-order valence-electron chi connectivity index (χ2n) is 3.84. The van der Waals surface area contributed by atoms with Crippen molar-refractivity contribution >= 4 is 69.3 Å². The summed E-state index contributed by atoms with van der Waals surface area (Å²) in [5, 5.41) is 6.13. The molecule has 0 saturated carbocycles. The van der Waals surface area contributed by atoms with E-state index < -0.39 is 0 Å². The summed E-state index contributed by atoms with van der Waals surface area (Å²) >= 11 is 24.8. The van der Waals surface area contributed by atoms with Gasteiger partial charge in [-0.1, -0.05) is 34.8 Å². The number of hydrogen-bond acceptors (Lipinski definition) is 3. The fourth-order valence-corrected chi connectivity index (χ4v) is 3.41. The van der Waals surface area contributed by atoms with Crippen LogP contribution in [0.1, 0.15) is 10.7 Å². The van der Waals surface area contributed by atoms with Crippen molar-refractivity contribution in [3.63, 3.8) is 0 Å². The molecule has 1 N–H and O–H groups in total. The van der Waals surface area contributed by atoms with Crippen molar-refractivity contribution in [2.45, 2.75) is 12.3 Å². The minimum absolute atomic E-state index is 0.136. The van der Waals surface area contributed by atoms with Crippen LogP contribution in [0, 0.1) is 0 Å². The van der Waals surface area contributed by atoms with Crippen molar-refractivity contribution in [3.05, 3.63) is 43.3 Å². The third-order valence-corrected chi connectivity index (χ3v) is 4.31. The highest BCUT2D eigenvalue weighted by Crippen LogP contribution is 2.33. The topological polar surface area (TPSA) is 42.0 Å². The number of benzene rings is 1.